The van der Waals surface area contributed by atoms with Gasteiger partial charge in [0.1, 0.15) is 0 Å². The van der Waals surface area contributed by atoms with Gasteiger partial charge in [0.2, 0.25) is 5.91 Å². The van der Waals surface area contributed by atoms with Crippen LogP contribution in [0.25, 0.3) is 0 Å². The second kappa shape index (κ2) is 7.16. The van der Waals surface area contributed by atoms with Crippen LogP contribution in [-0.4, -0.2) is 41.7 Å². The van der Waals surface area contributed by atoms with Crippen molar-refractivity contribution in [3.05, 3.63) is 28.7 Å². The van der Waals surface area contributed by atoms with Crippen molar-refractivity contribution in [2.45, 2.75) is 42.4 Å². The molecule has 1 fully saturated rings. The third kappa shape index (κ3) is 4.47. The lowest BCUT2D eigenvalue weighted by Crippen LogP contribution is -2.49. The van der Waals surface area contributed by atoms with Crippen molar-refractivity contribution in [2.75, 3.05) is 20.1 Å². The lowest BCUT2D eigenvalue weighted by Gasteiger charge is -2.36. The summed E-state index contributed by atoms with van der Waals surface area (Å²) in [5.41, 5.74) is 0. The van der Waals surface area contributed by atoms with Crippen molar-refractivity contribution in [2.24, 2.45) is 0 Å². The minimum Gasteiger partial charge on any atom is -0.341 e. The van der Waals surface area contributed by atoms with Gasteiger partial charge in [-0.1, -0.05) is 15.9 Å². The molecular weight excluding hydrogens is 348 g/mol. The summed E-state index contributed by atoms with van der Waals surface area (Å²) in [5, 5.41) is 3.30. The molecule has 1 amide bonds. The molecule has 0 unspecified atom stereocenters. The van der Waals surface area contributed by atoms with E-state index in [2.05, 4.69) is 33.4 Å². The first kappa shape index (κ1) is 16.8. The minimum atomic E-state index is -0.430. The second-order valence-corrected chi connectivity index (χ2v) is 8.53. The predicted molar refractivity (Wildman–Crippen MR) is 92.7 cm³/mol. The number of amides is 1. The number of hydrogen-bond acceptors (Lipinski definition) is 3. The lowest BCUT2D eigenvalue weighted by atomic mass is 10.0. The summed E-state index contributed by atoms with van der Waals surface area (Å²) in [6.07, 6.45) is 2.09. The molecule has 0 aliphatic carbocycles. The molecule has 1 aromatic carbocycles. The highest BCUT2D eigenvalue weighted by Gasteiger charge is 2.34. The van der Waals surface area contributed by atoms with E-state index in [0.29, 0.717) is 6.04 Å². The van der Waals surface area contributed by atoms with Gasteiger partial charge in [-0.2, -0.15) is 0 Å². The Kier molecular flexibility index (Phi) is 5.74. The van der Waals surface area contributed by atoms with Crippen LogP contribution in [0, 0.1) is 0 Å². The molecule has 0 saturated carbocycles. The molecule has 0 atom stereocenters. The Labute approximate surface area is 140 Å². The monoisotopic (exact) mass is 370 g/mol. The summed E-state index contributed by atoms with van der Waals surface area (Å²) in [7, 11) is 2.00. The molecule has 0 bridgehead atoms. The molecule has 2 rings (SSSR count). The Balaban J connectivity index is 1.98. The van der Waals surface area contributed by atoms with Gasteiger partial charge in [0, 0.05) is 28.5 Å². The lowest BCUT2D eigenvalue weighted by molar-refractivity contribution is -0.134. The van der Waals surface area contributed by atoms with E-state index in [0.717, 1.165) is 35.3 Å². The van der Waals surface area contributed by atoms with Gasteiger partial charge in [-0.05, 0) is 58.0 Å². The number of nitrogens with one attached hydrogen (secondary N) is 1. The number of carbonyl (C=O) groups excluding carboxylic acids is 1. The number of likely N-dealkylation sites (tertiary alicyclic amines) is 1. The fourth-order valence-corrected chi connectivity index (χ4v) is 3.94. The van der Waals surface area contributed by atoms with Gasteiger partial charge >= 0.3 is 0 Å². The van der Waals surface area contributed by atoms with E-state index < -0.39 is 4.75 Å². The van der Waals surface area contributed by atoms with E-state index in [1.165, 1.54) is 0 Å². The third-order valence-corrected chi connectivity index (χ3v) is 5.61. The number of thioether (sulfide) groups is 1. The number of piperidine rings is 1. The average molecular weight is 371 g/mol. The zero-order chi connectivity index (χ0) is 15.5. The Hall–Kier alpha value is -0.520. The summed E-state index contributed by atoms with van der Waals surface area (Å²) in [4.78, 5) is 15.9. The van der Waals surface area contributed by atoms with Gasteiger partial charge in [-0.15, -0.1) is 11.8 Å². The zero-order valence-corrected chi connectivity index (χ0v) is 15.3. The molecule has 1 heterocycles. The molecule has 1 aliphatic heterocycles. The van der Waals surface area contributed by atoms with Crippen molar-refractivity contribution in [1.82, 2.24) is 10.2 Å². The normalized spacial score (nSPS) is 17.0. The Morgan fingerprint density at radius 1 is 1.29 bits per heavy atom. The van der Waals surface area contributed by atoms with Crippen molar-refractivity contribution < 1.29 is 4.79 Å². The molecule has 1 N–H and O–H groups in total. The predicted octanol–water partition coefficient (Wildman–Crippen LogP) is 3.53. The summed E-state index contributed by atoms with van der Waals surface area (Å²) in [6, 6.07) is 8.69. The first-order valence-electron chi connectivity index (χ1n) is 7.33. The molecule has 1 saturated heterocycles. The van der Waals surface area contributed by atoms with Crippen LogP contribution in [0.15, 0.2) is 33.6 Å². The maximum absolute atomic E-state index is 12.8. The first-order valence-corrected chi connectivity index (χ1v) is 8.94. The summed E-state index contributed by atoms with van der Waals surface area (Å²) in [5.74, 6) is 0.241. The van der Waals surface area contributed by atoms with Gasteiger partial charge in [0.15, 0.2) is 0 Å². The molecule has 1 aromatic rings. The van der Waals surface area contributed by atoms with E-state index in [4.69, 9.17) is 0 Å². The minimum absolute atomic E-state index is 0.241. The highest BCUT2D eigenvalue weighted by atomic mass is 79.9. The number of rotatable bonds is 4. The van der Waals surface area contributed by atoms with E-state index in [1.54, 1.807) is 11.8 Å². The molecule has 3 nitrogen and oxygen atoms in total. The summed E-state index contributed by atoms with van der Waals surface area (Å²) >= 11 is 5.07. The number of benzene rings is 1. The fraction of sp³-hybridized carbons (Fsp3) is 0.562. The molecule has 0 spiro atoms. The molecule has 0 radical (unpaired) electrons. The van der Waals surface area contributed by atoms with Crippen molar-refractivity contribution in [1.29, 1.82) is 0 Å². The van der Waals surface area contributed by atoms with Crippen LogP contribution in [0.4, 0.5) is 0 Å². The Morgan fingerprint density at radius 3 is 2.38 bits per heavy atom. The van der Waals surface area contributed by atoms with Crippen molar-refractivity contribution >= 4 is 33.6 Å². The maximum Gasteiger partial charge on any atom is 0.238 e. The quantitative estimate of drug-likeness (QED) is 0.822. The van der Waals surface area contributed by atoms with E-state index in [9.17, 15) is 4.79 Å². The van der Waals surface area contributed by atoms with Crippen molar-refractivity contribution in [3.63, 3.8) is 0 Å². The number of nitrogens with zero attached hydrogens (tertiary/aromatic N) is 1. The topological polar surface area (TPSA) is 32.3 Å². The Bertz CT molecular complexity index is 482. The van der Waals surface area contributed by atoms with Crippen molar-refractivity contribution in [3.8, 4) is 0 Å². The fourth-order valence-electron chi connectivity index (χ4n) is 2.59. The molecule has 21 heavy (non-hydrogen) atoms. The van der Waals surface area contributed by atoms with E-state index in [1.807, 2.05) is 37.9 Å². The number of hydrogen-bond donors (Lipinski definition) is 1. The van der Waals surface area contributed by atoms with E-state index in [-0.39, 0.29) is 5.91 Å². The third-order valence-electron chi connectivity index (χ3n) is 3.89. The standard InChI is InChI=1S/C16H23BrN2OS/c1-16(2,21-14-6-4-12(17)5-7-14)15(20)19-10-8-13(18-3)9-11-19/h4-7,13,18H,8-11H2,1-3H3. The molecular formula is C16H23BrN2OS. The smallest absolute Gasteiger partial charge is 0.238 e. The first-order chi connectivity index (χ1) is 9.92. The number of carbonyl (C=O) groups is 1. The maximum atomic E-state index is 12.8. The van der Waals surface area contributed by atoms with Gasteiger partial charge in [-0.25, -0.2) is 0 Å². The summed E-state index contributed by atoms with van der Waals surface area (Å²) in [6.45, 7) is 5.75. The highest BCUT2D eigenvalue weighted by Crippen LogP contribution is 2.35. The van der Waals surface area contributed by atoms with Crippen LogP contribution >= 0.6 is 27.7 Å². The van der Waals surface area contributed by atoms with Gasteiger partial charge in [0.25, 0.3) is 0 Å². The molecule has 0 aromatic heterocycles. The van der Waals surface area contributed by atoms with Crippen LogP contribution in [0.3, 0.4) is 0 Å². The molecule has 116 valence electrons. The highest BCUT2D eigenvalue weighted by molar-refractivity contribution is 9.10. The zero-order valence-electron chi connectivity index (χ0n) is 12.9. The van der Waals surface area contributed by atoms with Crippen LogP contribution in [-0.2, 0) is 4.79 Å². The SMILES string of the molecule is CNC1CCN(C(=O)C(C)(C)Sc2ccc(Br)cc2)CC1. The van der Waals surface area contributed by atoms with Gasteiger partial charge < -0.3 is 10.2 Å². The van der Waals surface area contributed by atoms with Crippen LogP contribution < -0.4 is 5.32 Å². The van der Waals surface area contributed by atoms with E-state index >= 15 is 0 Å². The van der Waals surface area contributed by atoms with Gasteiger partial charge in [-0.3, -0.25) is 4.79 Å². The molecule has 1 aliphatic rings. The summed E-state index contributed by atoms with van der Waals surface area (Å²) < 4.78 is 0.630. The molecule has 5 heteroatoms. The second-order valence-electron chi connectivity index (χ2n) is 5.92. The largest absolute Gasteiger partial charge is 0.341 e. The van der Waals surface area contributed by atoms with Crippen LogP contribution in [0.5, 0.6) is 0 Å². The average Bonchev–Trinajstić information content (AvgIpc) is 2.49. The van der Waals surface area contributed by atoms with Crippen LogP contribution in [0.2, 0.25) is 0 Å². The Morgan fingerprint density at radius 2 is 1.86 bits per heavy atom. The van der Waals surface area contributed by atoms with Crippen LogP contribution in [0.1, 0.15) is 26.7 Å². The van der Waals surface area contributed by atoms with Gasteiger partial charge in [0.05, 0.1) is 4.75 Å². The number of halogens is 1.